The molecule has 7 nitrogen and oxygen atoms in total. The van der Waals surface area contributed by atoms with Gasteiger partial charge in [-0.15, -0.1) is 0 Å². The van der Waals surface area contributed by atoms with Crippen LogP contribution in [0.5, 0.6) is 17.2 Å². The minimum Gasteiger partial charge on any atom is -0.496 e. The number of nitrogens with one attached hydrogen (secondary N) is 2. The molecule has 7 heteroatoms. The van der Waals surface area contributed by atoms with Crippen LogP contribution in [-0.2, 0) is 6.54 Å². The number of hydrogen-bond acceptors (Lipinski definition) is 6. The zero-order valence-electron chi connectivity index (χ0n) is 15.2. The summed E-state index contributed by atoms with van der Waals surface area (Å²) in [5.41, 5.74) is 2.10. The number of fused-ring (bicyclic) bond motifs is 1. The van der Waals surface area contributed by atoms with Gasteiger partial charge in [-0.2, -0.15) is 0 Å². The lowest BCUT2D eigenvalue weighted by Crippen LogP contribution is -2.30. The van der Waals surface area contributed by atoms with Gasteiger partial charge in [-0.05, 0) is 32.0 Å². The number of rotatable bonds is 6. The Bertz CT molecular complexity index is 792. The van der Waals surface area contributed by atoms with E-state index < -0.39 is 0 Å². The van der Waals surface area contributed by atoms with E-state index in [0.717, 1.165) is 11.3 Å². The van der Waals surface area contributed by atoms with Crippen molar-refractivity contribution >= 4 is 11.6 Å². The summed E-state index contributed by atoms with van der Waals surface area (Å²) in [6, 6.07) is 7.34. The highest BCUT2D eigenvalue weighted by Gasteiger charge is 2.16. The third-order valence-corrected chi connectivity index (χ3v) is 3.84. The second kappa shape index (κ2) is 7.95. The molecule has 1 amide bonds. The summed E-state index contributed by atoms with van der Waals surface area (Å²) in [4.78, 5) is 16.2. The second-order valence-corrected chi connectivity index (χ2v) is 6.22. The molecule has 1 aromatic carbocycles. The summed E-state index contributed by atoms with van der Waals surface area (Å²) in [5, 5.41) is 6.13. The lowest BCUT2D eigenvalue weighted by atomic mass is 10.1. The highest BCUT2D eigenvalue weighted by Crippen LogP contribution is 2.37. The number of hydrogen-bond donors (Lipinski definition) is 2. The van der Waals surface area contributed by atoms with Crippen LogP contribution in [-0.4, -0.2) is 37.3 Å². The molecule has 2 N–H and O–H groups in total. The van der Waals surface area contributed by atoms with Crippen LogP contribution in [0.4, 0.5) is 5.69 Å². The van der Waals surface area contributed by atoms with E-state index in [4.69, 9.17) is 14.2 Å². The first-order valence-electron chi connectivity index (χ1n) is 8.54. The number of benzene rings is 1. The maximum atomic E-state index is 12.1. The van der Waals surface area contributed by atoms with Crippen LogP contribution in [0.3, 0.4) is 0 Å². The topological polar surface area (TPSA) is 81.7 Å². The molecule has 1 aliphatic heterocycles. The summed E-state index contributed by atoms with van der Waals surface area (Å²) in [6.07, 6.45) is 1.61. The van der Waals surface area contributed by atoms with Gasteiger partial charge in [0.15, 0.2) is 11.5 Å². The van der Waals surface area contributed by atoms with Crippen molar-refractivity contribution in [3.63, 3.8) is 0 Å². The smallest absolute Gasteiger partial charge is 0.270 e. The molecule has 0 aliphatic carbocycles. The minimum absolute atomic E-state index is 0.0582. The molecule has 138 valence electrons. The van der Waals surface area contributed by atoms with E-state index in [0.29, 0.717) is 42.7 Å². The lowest BCUT2D eigenvalue weighted by molar-refractivity contribution is 0.0938. The van der Waals surface area contributed by atoms with Crippen molar-refractivity contribution in [2.24, 2.45) is 0 Å². The van der Waals surface area contributed by atoms with Crippen molar-refractivity contribution in [3.8, 4) is 17.2 Å². The summed E-state index contributed by atoms with van der Waals surface area (Å²) in [6.45, 7) is 5.40. The Labute approximate surface area is 152 Å². The SMILES string of the molecule is COc1cc2c(cc1CNc1ccnc(C(=O)NC(C)C)c1)OCCO2. The molecule has 0 saturated heterocycles. The summed E-state index contributed by atoms with van der Waals surface area (Å²) >= 11 is 0. The van der Waals surface area contributed by atoms with E-state index in [1.54, 1.807) is 19.4 Å². The fourth-order valence-corrected chi connectivity index (χ4v) is 2.64. The molecule has 1 aliphatic rings. The van der Waals surface area contributed by atoms with Crippen molar-refractivity contribution in [2.75, 3.05) is 25.6 Å². The summed E-state index contributed by atoms with van der Waals surface area (Å²) in [5.74, 6) is 1.92. The highest BCUT2D eigenvalue weighted by molar-refractivity contribution is 5.93. The fourth-order valence-electron chi connectivity index (χ4n) is 2.64. The van der Waals surface area contributed by atoms with Gasteiger partial charge in [0.25, 0.3) is 5.91 Å². The van der Waals surface area contributed by atoms with Gasteiger partial charge in [-0.3, -0.25) is 9.78 Å². The average Bonchev–Trinajstić information content (AvgIpc) is 2.65. The predicted octanol–water partition coefficient (Wildman–Crippen LogP) is 2.61. The number of ether oxygens (including phenoxy) is 3. The van der Waals surface area contributed by atoms with Gasteiger partial charge in [-0.1, -0.05) is 0 Å². The standard InChI is InChI=1S/C19H23N3O4/c1-12(2)22-19(23)15-9-14(4-5-20-15)21-11-13-8-17-18(10-16(13)24-3)26-7-6-25-17/h4-5,8-10,12H,6-7,11H2,1-3H3,(H,20,21)(H,22,23). The van der Waals surface area contributed by atoms with Gasteiger partial charge in [0.2, 0.25) is 0 Å². The Balaban J connectivity index is 1.74. The van der Waals surface area contributed by atoms with Crippen molar-refractivity contribution in [2.45, 2.75) is 26.4 Å². The molecule has 26 heavy (non-hydrogen) atoms. The number of anilines is 1. The number of carbonyl (C=O) groups is 1. The monoisotopic (exact) mass is 357 g/mol. The molecular weight excluding hydrogens is 334 g/mol. The largest absolute Gasteiger partial charge is 0.496 e. The van der Waals surface area contributed by atoms with Gasteiger partial charge >= 0.3 is 0 Å². The molecule has 0 spiro atoms. The Kier molecular flexibility index (Phi) is 5.46. The number of methoxy groups -OCH3 is 1. The average molecular weight is 357 g/mol. The first-order chi connectivity index (χ1) is 12.6. The Morgan fingerprint density at radius 3 is 2.65 bits per heavy atom. The van der Waals surface area contributed by atoms with E-state index in [1.807, 2.05) is 32.0 Å². The molecule has 0 atom stereocenters. The third kappa shape index (κ3) is 4.17. The normalized spacial score (nSPS) is 12.6. The Morgan fingerprint density at radius 1 is 1.23 bits per heavy atom. The van der Waals surface area contributed by atoms with Crippen molar-refractivity contribution in [1.82, 2.24) is 10.3 Å². The maximum absolute atomic E-state index is 12.1. The van der Waals surface area contributed by atoms with Crippen molar-refractivity contribution in [3.05, 3.63) is 41.7 Å². The number of aromatic nitrogens is 1. The van der Waals surface area contributed by atoms with E-state index in [1.165, 1.54) is 0 Å². The van der Waals surface area contributed by atoms with Gasteiger partial charge in [0.1, 0.15) is 24.7 Å². The number of carbonyl (C=O) groups excluding carboxylic acids is 1. The quantitative estimate of drug-likeness (QED) is 0.827. The van der Waals surface area contributed by atoms with Gasteiger partial charge in [-0.25, -0.2) is 0 Å². The van der Waals surface area contributed by atoms with E-state index in [9.17, 15) is 4.79 Å². The molecule has 0 unspecified atom stereocenters. The van der Waals surface area contributed by atoms with E-state index >= 15 is 0 Å². The molecule has 2 aromatic rings. The van der Waals surface area contributed by atoms with Crippen LogP contribution in [0.2, 0.25) is 0 Å². The maximum Gasteiger partial charge on any atom is 0.270 e. The summed E-state index contributed by atoms with van der Waals surface area (Å²) < 4.78 is 16.7. The molecule has 2 heterocycles. The predicted molar refractivity (Wildman–Crippen MR) is 98.1 cm³/mol. The Hall–Kier alpha value is -2.96. The first kappa shape index (κ1) is 17.8. The van der Waals surface area contributed by atoms with Gasteiger partial charge in [0, 0.05) is 36.1 Å². The molecule has 1 aromatic heterocycles. The van der Waals surface area contributed by atoms with E-state index in [2.05, 4.69) is 15.6 Å². The van der Waals surface area contributed by atoms with Crippen molar-refractivity contribution < 1.29 is 19.0 Å². The van der Waals surface area contributed by atoms with Gasteiger partial charge < -0.3 is 24.8 Å². The number of pyridine rings is 1. The van der Waals surface area contributed by atoms with Crippen LogP contribution >= 0.6 is 0 Å². The summed E-state index contributed by atoms with van der Waals surface area (Å²) in [7, 11) is 1.62. The fraction of sp³-hybridized carbons (Fsp3) is 0.368. The number of nitrogens with zero attached hydrogens (tertiary/aromatic N) is 1. The highest BCUT2D eigenvalue weighted by atomic mass is 16.6. The lowest BCUT2D eigenvalue weighted by Gasteiger charge is -2.21. The van der Waals surface area contributed by atoms with Crippen LogP contribution in [0.1, 0.15) is 29.9 Å². The van der Waals surface area contributed by atoms with E-state index in [-0.39, 0.29) is 11.9 Å². The molecule has 3 rings (SSSR count). The van der Waals surface area contributed by atoms with Crippen molar-refractivity contribution in [1.29, 1.82) is 0 Å². The molecule has 0 fully saturated rings. The second-order valence-electron chi connectivity index (χ2n) is 6.22. The third-order valence-electron chi connectivity index (χ3n) is 3.84. The molecule has 0 bridgehead atoms. The molecule has 0 saturated carbocycles. The molecule has 0 radical (unpaired) electrons. The zero-order valence-corrected chi connectivity index (χ0v) is 15.2. The Morgan fingerprint density at radius 2 is 1.96 bits per heavy atom. The van der Waals surface area contributed by atoms with Crippen LogP contribution in [0, 0.1) is 0 Å². The molecular formula is C19H23N3O4. The first-order valence-corrected chi connectivity index (χ1v) is 8.54. The van der Waals surface area contributed by atoms with Crippen LogP contribution < -0.4 is 24.8 Å². The zero-order chi connectivity index (χ0) is 18.5. The minimum atomic E-state index is -0.194. The van der Waals surface area contributed by atoms with Gasteiger partial charge in [0.05, 0.1) is 7.11 Å². The number of amides is 1. The van der Waals surface area contributed by atoms with Crippen LogP contribution in [0.15, 0.2) is 30.5 Å². The van der Waals surface area contributed by atoms with Crippen LogP contribution in [0.25, 0.3) is 0 Å².